The number of amides is 2. The molecule has 0 saturated carbocycles. The summed E-state index contributed by atoms with van der Waals surface area (Å²) in [7, 11) is 1.47. The molecule has 2 aromatic rings. The predicted molar refractivity (Wildman–Crippen MR) is 127 cm³/mol. The number of carbonyl (C=O) groups excluding carboxylic acids is 2. The number of nitrogens with one attached hydrogen (secondary N) is 1. The molecule has 32 heavy (non-hydrogen) atoms. The van der Waals surface area contributed by atoms with Crippen molar-refractivity contribution < 1.29 is 14.4 Å². The second-order valence-corrected chi connectivity index (χ2v) is 7.75. The van der Waals surface area contributed by atoms with Crippen molar-refractivity contribution in [3.8, 4) is 11.1 Å². The quantitative estimate of drug-likeness (QED) is 0.613. The van der Waals surface area contributed by atoms with E-state index in [9.17, 15) is 9.59 Å². The molecule has 0 unspecified atom stereocenters. The highest BCUT2D eigenvalue weighted by molar-refractivity contribution is 6.05. The summed E-state index contributed by atoms with van der Waals surface area (Å²) in [5.41, 5.74) is 3.36. The number of likely N-dealkylation sites (N-methyl/N-ethyl adjacent to an activating group) is 1. The molecule has 0 aliphatic carbocycles. The minimum Gasteiger partial charge on any atom is -0.399 e. The van der Waals surface area contributed by atoms with Gasteiger partial charge in [-0.05, 0) is 36.3 Å². The molecule has 3 rings (SSSR count). The Hall–Kier alpha value is -3.19. The van der Waals surface area contributed by atoms with Crippen LogP contribution in [0.3, 0.4) is 0 Å². The summed E-state index contributed by atoms with van der Waals surface area (Å²) in [6.07, 6.45) is 0.374. The van der Waals surface area contributed by atoms with Crippen LogP contribution in [0.2, 0.25) is 0 Å². The summed E-state index contributed by atoms with van der Waals surface area (Å²) >= 11 is 0. The number of oxime groups is 1. The van der Waals surface area contributed by atoms with Gasteiger partial charge in [0.05, 0.1) is 12.3 Å². The Kier molecular flexibility index (Phi) is 8.39. The lowest BCUT2D eigenvalue weighted by atomic mass is 10.0. The van der Waals surface area contributed by atoms with Crippen LogP contribution in [-0.4, -0.2) is 73.2 Å². The zero-order valence-electron chi connectivity index (χ0n) is 19.1. The molecule has 0 spiro atoms. The molecule has 1 fully saturated rings. The summed E-state index contributed by atoms with van der Waals surface area (Å²) in [5, 5.41) is 6.99. The maximum absolute atomic E-state index is 13.3. The van der Waals surface area contributed by atoms with E-state index in [4.69, 9.17) is 4.84 Å². The van der Waals surface area contributed by atoms with Crippen molar-refractivity contribution in [2.24, 2.45) is 5.16 Å². The minimum absolute atomic E-state index is 0.160. The Bertz CT molecular complexity index is 924. The summed E-state index contributed by atoms with van der Waals surface area (Å²) in [6, 6.07) is 16.9. The van der Waals surface area contributed by atoms with Gasteiger partial charge in [0.25, 0.3) is 5.91 Å². The molecule has 1 atom stereocenters. The summed E-state index contributed by atoms with van der Waals surface area (Å²) in [6.45, 7) is 7.66. The highest BCUT2D eigenvalue weighted by Gasteiger charge is 2.38. The first kappa shape index (κ1) is 23.5. The van der Waals surface area contributed by atoms with Gasteiger partial charge in [0.1, 0.15) is 13.2 Å². The van der Waals surface area contributed by atoms with Crippen LogP contribution in [0.4, 0.5) is 0 Å². The van der Waals surface area contributed by atoms with Crippen molar-refractivity contribution in [3.05, 3.63) is 60.2 Å². The second kappa shape index (κ2) is 11.4. The number of likely N-dealkylation sites (tertiary alicyclic amines) is 1. The van der Waals surface area contributed by atoms with E-state index in [2.05, 4.69) is 29.2 Å². The molecule has 7 heteroatoms. The van der Waals surface area contributed by atoms with Gasteiger partial charge in [0.15, 0.2) is 0 Å². The van der Waals surface area contributed by atoms with E-state index in [0.29, 0.717) is 24.2 Å². The van der Waals surface area contributed by atoms with E-state index in [-0.39, 0.29) is 18.4 Å². The normalized spacial score (nSPS) is 17.1. The standard InChI is InChI=1S/C25H32N4O3/c1-4-28(5-2)16-15-26-24(30)23-17-22(27-32-3)18-29(23)25(31)21-13-11-20(12-14-21)19-9-7-6-8-10-19/h6-14,23H,4-5,15-18H2,1-3H3,(H,26,30)/t23-/m0/s1. The van der Waals surface area contributed by atoms with Crippen molar-refractivity contribution in [3.63, 3.8) is 0 Å². The first-order chi connectivity index (χ1) is 15.6. The monoisotopic (exact) mass is 436 g/mol. The lowest BCUT2D eigenvalue weighted by molar-refractivity contribution is -0.124. The number of hydrogen-bond acceptors (Lipinski definition) is 5. The van der Waals surface area contributed by atoms with Crippen LogP contribution in [0.25, 0.3) is 11.1 Å². The average Bonchev–Trinajstić information content (AvgIpc) is 3.26. The molecule has 2 amide bonds. The highest BCUT2D eigenvalue weighted by Crippen LogP contribution is 2.23. The molecular weight excluding hydrogens is 404 g/mol. The van der Waals surface area contributed by atoms with Gasteiger partial charge in [-0.2, -0.15) is 0 Å². The molecule has 1 N–H and O–H groups in total. The van der Waals surface area contributed by atoms with Gasteiger partial charge in [-0.3, -0.25) is 9.59 Å². The third-order valence-corrected chi connectivity index (χ3v) is 5.80. The van der Waals surface area contributed by atoms with Crippen molar-refractivity contribution in [2.45, 2.75) is 26.3 Å². The van der Waals surface area contributed by atoms with E-state index in [1.165, 1.54) is 7.11 Å². The maximum atomic E-state index is 13.3. The smallest absolute Gasteiger partial charge is 0.254 e. The van der Waals surface area contributed by atoms with Crippen molar-refractivity contribution >= 4 is 17.5 Å². The van der Waals surface area contributed by atoms with Crippen molar-refractivity contribution in [2.75, 3.05) is 39.8 Å². The zero-order valence-corrected chi connectivity index (χ0v) is 19.1. The third kappa shape index (κ3) is 5.73. The molecule has 1 aliphatic rings. The fraction of sp³-hybridized carbons (Fsp3) is 0.400. The van der Waals surface area contributed by atoms with E-state index in [0.717, 1.165) is 30.8 Å². The Morgan fingerprint density at radius 1 is 1.06 bits per heavy atom. The van der Waals surface area contributed by atoms with Crippen LogP contribution in [0.15, 0.2) is 59.8 Å². The maximum Gasteiger partial charge on any atom is 0.254 e. The van der Waals surface area contributed by atoms with Crippen LogP contribution in [0.5, 0.6) is 0 Å². The fourth-order valence-corrected chi connectivity index (χ4v) is 3.94. The van der Waals surface area contributed by atoms with Gasteiger partial charge < -0.3 is 20.0 Å². The first-order valence-electron chi connectivity index (χ1n) is 11.1. The molecular formula is C25H32N4O3. The summed E-state index contributed by atoms with van der Waals surface area (Å²) < 4.78 is 0. The highest BCUT2D eigenvalue weighted by atomic mass is 16.6. The Labute approximate surface area is 190 Å². The van der Waals surface area contributed by atoms with Gasteiger partial charge in [0, 0.05) is 25.1 Å². The van der Waals surface area contributed by atoms with Crippen LogP contribution in [0.1, 0.15) is 30.6 Å². The Morgan fingerprint density at radius 3 is 2.34 bits per heavy atom. The van der Waals surface area contributed by atoms with Crippen molar-refractivity contribution in [1.29, 1.82) is 0 Å². The number of benzene rings is 2. The Balaban J connectivity index is 1.71. The predicted octanol–water partition coefficient (Wildman–Crippen LogP) is 3.03. The summed E-state index contributed by atoms with van der Waals surface area (Å²) in [4.78, 5) is 34.9. The molecule has 1 aliphatic heterocycles. The molecule has 2 aromatic carbocycles. The fourth-order valence-electron chi connectivity index (χ4n) is 3.94. The zero-order chi connectivity index (χ0) is 22.9. The average molecular weight is 437 g/mol. The number of nitrogens with zero attached hydrogens (tertiary/aromatic N) is 3. The topological polar surface area (TPSA) is 74.2 Å². The molecule has 0 bridgehead atoms. The van der Waals surface area contributed by atoms with E-state index in [1.54, 1.807) is 4.90 Å². The van der Waals surface area contributed by atoms with Crippen molar-refractivity contribution in [1.82, 2.24) is 15.1 Å². The molecule has 0 radical (unpaired) electrons. The number of carbonyl (C=O) groups is 2. The summed E-state index contributed by atoms with van der Waals surface area (Å²) in [5.74, 6) is -0.345. The molecule has 170 valence electrons. The largest absolute Gasteiger partial charge is 0.399 e. The lowest BCUT2D eigenvalue weighted by Crippen LogP contribution is -2.47. The van der Waals surface area contributed by atoms with E-state index < -0.39 is 6.04 Å². The van der Waals surface area contributed by atoms with Gasteiger partial charge in [-0.25, -0.2) is 0 Å². The number of rotatable bonds is 9. The van der Waals surface area contributed by atoms with Gasteiger partial charge in [-0.15, -0.1) is 0 Å². The third-order valence-electron chi connectivity index (χ3n) is 5.80. The van der Waals surface area contributed by atoms with E-state index >= 15 is 0 Å². The minimum atomic E-state index is -0.595. The van der Waals surface area contributed by atoms with Crippen LogP contribution in [0, 0.1) is 0 Å². The molecule has 1 saturated heterocycles. The van der Waals surface area contributed by atoms with E-state index in [1.807, 2.05) is 54.6 Å². The molecule has 7 nitrogen and oxygen atoms in total. The SMILES string of the molecule is CCN(CC)CCNC(=O)[C@@H]1CC(=NOC)CN1C(=O)c1ccc(-c2ccccc2)cc1. The van der Waals surface area contributed by atoms with Crippen LogP contribution >= 0.6 is 0 Å². The molecule has 1 heterocycles. The lowest BCUT2D eigenvalue weighted by Gasteiger charge is -2.24. The van der Waals surface area contributed by atoms with Crippen LogP contribution < -0.4 is 5.32 Å². The van der Waals surface area contributed by atoms with Gasteiger partial charge in [0.2, 0.25) is 5.91 Å². The molecule has 0 aromatic heterocycles. The number of hydrogen-bond donors (Lipinski definition) is 1. The van der Waals surface area contributed by atoms with Crippen LogP contribution in [-0.2, 0) is 9.63 Å². The second-order valence-electron chi connectivity index (χ2n) is 7.75. The Morgan fingerprint density at radius 2 is 1.72 bits per heavy atom. The first-order valence-corrected chi connectivity index (χ1v) is 11.1. The van der Waals surface area contributed by atoms with Gasteiger partial charge in [-0.1, -0.05) is 61.5 Å². The van der Waals surface area contributed by atoms with Gasteiger partial charge >= 0.3 is 0 Å².